The number of aromatic carboxylic acids is 1. The average Bonchev–Trinajstić information content (AvgIpc) is 2.59. The summed E-state index contributed by atoms with van der Waals surface area (Å²) >= 11 is 0. The number of fused-ring (bicyclic) bond motifs is 2. The number of carboxylic acid groups (broad SMARTS) is 1. The average molecular weight is 347 g/mol. The molecule has 0 saturated heterocycles. The molecule has 0 spiro atoms. The fourth-order valence-electron chi connectivity index (χ4n) is 3.10. The maximum Gasteiger partial charge on any atom is 0.336 e. The number of benzene rings is 3. The second-order valence-electron chi connectivity index (χ2n) is 5.93. The predicted octanol–water partition coefficient (Wildman–Crippen LogP) is 3.55. The highest BCUT2D eigenvalue weighted by Crippen LogP contribution is 2.42. The molecule has 0 bridgehead atoms. The zero-order valence-electron chi connectivity index (χ0n) is 13.4. The predicted molar refractivity (Wildman–Crippen MR) is 97.6 cm³/mol. The normalized spacial score (nSPS) is 11.1. The van der Waals surface area contributed by atoms with Crippen molar-refractivity contribution in [2.45, 2.75) is 0 Å². The van der Waals surface area contributed by atoms with Gasteiger partial charge in [0.1, 0.15) is 17.1 Å². The molecule has 0 saturated carbocycles. The van der Waals surface area contributed by atoms with E-state index < -0.39 is 5.97 Å². The van der Waals surface area contributed by atoms with Crippen LogP contribution in [0, 0.1) is 0 Å². The van der Waals surface area contributed by atoms with Crippen molar-refractivity contribution in [1.29, 1.82) is 0 Å². The van der Waals surface area contributed by atoms with Crippen LogP contribution in [-0.4, -0.2) is 16.2 Å². The molecule has 1 heterocycles. The summed E-state index contributed by atoms with van der Waals surface area (Å²) in [5.74, 6) is -0.804. The van der Waals surface area contributed by atoms with Gasteiger partial charge in [0.2, 0.25) is 0 Å². The number of nitrogens with two attached hydrogens (primary N) is 1. The van der Waals surface area contributed by atoms with Gasteiger partial charge in [-0.3, -0.25) is 4.79 Å². The lowest BCUT2D eigenvalue weighted by Gasteiger charge is -2.17. The quantitative estimate of drug-likeness (QED) is 0.377. The van der Waals surface area contributed by atoms with Gasteiger partial charge in [-0.05, 0) is 48.0 Å². The summed E-state index contributed by atoms with van der Waals surface area (Å²) in [6, 6.07) is 13.4. The molecular formula is C20H13NO5. The molecule has 2 aliphatic rings. The van der Waals surface area contributed by atoms with Crippen LogP contribution in [0.1, 0.15) is 10.4 Å². The van der Waals surface area contributed by atoms with Crippen molar-refractivity contribution < 1.29 is 19.4 Å². The summed E-state index contributed by atoms with van der Waals surface area (Å²) in [6.07, 6.45) is 0. The molecule has 128 valence electrons. The third kappa shape index (κ3) is 2.44. The smallest absolute Gasteiger partial charge is 0.336 e. The Morgan fingerprint density at radius 1 is 0.962 bits per heavy atom. The van der Waals surface area contributed by atoms with Crippen molar-refractivity contribution in [3.05, 3.63) is 70.4 Å². The van der Waals surface area contributed by atoms with Gasteiger partial charge in [0.15, 0.2) is 5.43 Å². The lowest BCUT2D eigenvalue weighted by Crippen LogP contribution is -2.04. The SMILES string of the molecule is Nc1ccc(C(=O)O)c(-c2c3ccc(=O)cc-3oc3cc(O)ccc23)c1. The first-order valence-corrected chi connectivity index (χ1v) is 7.77. The van der Waals surface area contributed by atoms with Gasteiger partial charge in [0, 0.05) is 34.3 Å². The van der Waals surface area contributed by atoms with Crippen LogP contribution in [0.15, 0.2) is 63.8 Å². The standard InChI is InChI=1S/C20H13NO5/c21-10-1-4-13(20(24)25)16(7-10)19-14-5-2-11(22)8-17(14)26-18-9-12(23)3-6-15(18)19/h1-9,22H,21H2,(H,24,25). The van der Waals surface area contributed by atoms with Gasteiger partial charge in [-0.2, -0.15) is 0 Å². The van der Waals surface area contributed by atoms with Crippen LogP contribution in [0.2, 0.25) is 0 Å². The lowest BCUT2D eigenvalue weighted by molar-refractivity contribution is 0.0698. The minimum atomic E-state index is -1.10. The first-order valence-electron chi connectivity index (χ1n) is 7.77. The highest BCUT2D eigenvalue weighted by Gasteiger charge is 2.22. The molecule has 2 aromatic rings. The van der Waals surface area contributed by atoms with Crippen molar-refractivity contribution in [3.8, 4) is 28.2 Å². The second kappa shape index (κ2) is 5.63. The van der Waals surface area contributed by atoms with Gasteiger partial charge in [0.25, 0.3) is 0 Å². The van der Waals surface area contributed by atoms with Crippen molar-refractivity contribution in [2.75, 3.05) is 5.73 Å². The first kappa shape index (κ1) is 15.7. The van der Waals surface area contributed by atoms with E-state index in [0.29, 0.717) is 39.1 Å². The number of hydrogen-bond acceptors (Lipinski definition) is 5. The van der Waals surface area contributed by atoms with E-state index in [-0.39, 0.29) is 16.7 Å². The molecule has 4 N–H and O–H groups in total. The van der Waals surface area contributed by atoms with Crippen LogP contribution >= 0.6 is 0 Å². The van der Waals surface area contributed by atoms with E-state index in [0.717, 1.165) is 0 Å². The van der Waals surface area contributed by atoms with Gasteiger partial charge in [-0.15, -0.1) is 0 Å². The molecule has 0 atom stereocenters. The second-order valence-corrected chi connectivity index (χ2v) is 5.93. The number of anilines is 1. The van der Waals surface area contributed by atoms with E-state index in [1.54, 1.807) is 18.2 Å². The fraction of sp³-hybridized carbons (Fsp3) is 0. The number of carbonyl (C=O) groups is 1. The van der Waals surface area contributed by atoms with Crippen molar-refractivity contribution in [2.24, 2.45) is 0 Å². The number of aromatic hydroxyl groups is 1. The van der Waals surface area contributed by atoms with Gasteiger partial charge in [-0.1, -0.05) is 0 Å². The molecule has 6 nitrogen and oxygen atoms in total. The van der Waals surface area contributed by atoms with Crippen LogP contribution in [0.4, 0.5) is 5.69 Å². The molecule has 0 amide bonds. The molecule has 2 aromatic carbocycles. The Balaban J connectivity index is 2.23. The summed E-state index contributed by atoms with van der Waals surface area (Å²) in [6.45, 7) is 0. The van der Waals surface area contributed by atoms with Crippen LogP contribution in [0.3, 0.4) is 0 Å². The lowest BCUT2D eigenvalue weighted by atomic mass is 9.90. The zero-order valence-corrected chi connectivity index (χ0v) is 13.4. The molecule has 1 aliphatic carbocycles. The number of phenolic OH excluding ortho intramolecular Hbond substituents is 1. The Bertz CT molecular complexity index is 1210. The molecule has 0 fully saturated rings. The Kier molecular flexibility index (Phi) is 3.40. The van der Waals surface area contributed by atoms with Crippen molar-refractivity contribution >= 4 is 22.6 Å². The molecule has 0 aromatic heterocycles. The van der Waals surface area contributed by atoms with Gasteiger partial charge in [0.05, 0.1) is 5.56 Å². The van der Waals surface area contributed by atoms with Gasteiger partial charge in [-0.25, -0.2) is 4.79 Å². The number of nitrogen functional groups attached to an aromatic ring is 1. The molecule has 26 heavy (non-hydrogen) atoms. The summed E-state index contributed by atoms with van der Waals surface area (Å²) in [7, 11) is 0. The third-order valence-corrected chi connectivity index (χ3v) is 4.22. The van der Waals surface area contributed by atoms with E-state index in [9.17, 15) is 19.8 Å². The Morgan fingerprint density at radius 3 is 2.54 bits per heavy atom. The molecule has 0 radical (unpaired) electrons. The van der Waals surface area contributed by atoms with Gasteiger partial charge < -0.3 is 20.4 Å². The Hall–Kier alpha value is -3.80. The van der Waals surface area contributed by atoms with Crippen LogP contribution < -0.4 is 11.2 Å². The third-order valence-electron chi connectivity index (χ3n) is 4.22. The van der Waals surface area contributed by atoms with Crippen LogP contribution in [0.25, 0.3) is 33.4 Å². The van der Waals surface area contributed by atoms with E-state index >= 15 is 0 Å². The topological polar surface area (TPSA) is 114 Å². The minimum Gasteiger partial charge on any atom is -0.508 e. The van der Waals surface area contributed by atoms with Crippen molar-refractivity contribution in [1.82, 2.24) is 0 Å². The van der Waals surface area contributed by atoms with E-state index in [2.05, 4.69) is 0 Å². The first-order chi connectivity index (χ1) is 12.4. The molecule has 4 rings (SSSR count). The highest BCUT2D eigenvalue weighted by atomic mass is 16.4. The van der Waals surface area contributed by atoms with Crippen LogP contribution in [0.5, 0.6) is 5.75 Å². The van der Waals surface area contributed by atoms with E-state index in [4.69, 9.17) is 10.2 Å². The number of phenols is 1. The summed E-state index contributed by atoms with van der Waals surface area (Å²) in [4.78, 5) is 23.5. The zero-order chi connectivity index (χ0) is 18.4. The molecular weight excluding hydrogens is 334 g/mol. The number of rotatable bonds is 2. The van der Waals surface area contributed by atoms with Crippen LogP contribution in [-0.2, 0) is 0 Å². The van der Waals surface area contributed by atoms with Crippen molar-refractivity contribution in [3.63, 3.8) is 0 Å². The Morgan fingerprint density at radius 2 is 1.77 bits per heavy atom. The summed E-state index contributed by atoms with van der Waals surface area (Å²) in [5, 5.41) is 20.0. The highest BCUT2D eigenvalue weighted by molar-refractivity contribution is 6.08. The monoisotopic (exact) mass is 347 g/mol. The summed E-state index contributed by atoms with van der Waals surface area (Å²) in [5.41, 5.74) is 8.04. The molecule has 1 aliphatic heterocycles. The maximum absolute atomic E-state index is 11.7. The maximum atomic E-state index is 11.7. The molecule has 6 heteroatoms. The summed E-state index contributed by atoms with van der Waals surface area (Å²) < 4.78 is 5.76. The Labute approximate surface area is 147 Å². The molecule has 0 unspecified atom stereocenters. The minimum absolute atomic E-state index is 0.00383. The van der Waals surface area contributed by atoms with Gasteiger partial charge >= 0.3 is 5.97 Å². The largest absolute Gasteiger partial charge is 0.508 e. The fourth-order valence-corrected chi connectivity index (χ4v) is 3.10. The van der Waals surface area contributed by atoms with E-state index in [1.165, 1.54) is 36.4 Å². The number of hydrogen-bond donors (Lipinski definition) is 3. The van der Waals surface area contributed by atoms with E-state index in [1.807, 2.05) is 0 Å². The number of carboxylic acids is 1.